The molecule has 1 N–H and O–H groups in total. The summed E-state index contributed by atoms with van der Waals surface area (Å²) in [5.41, 5.74) is 4.22. The molecule has 0 fully saturated rings. The molecule has 0 aliphatic rings. The maximum absolute atomic E-state index is 13.1. The Morgan fingerprint density at radius 2 is 1.95 bits per heavy atom. The molecule has 2 nitrogen and oxygen atoms in total. The summed E-state index contributed by atoms with van der Waals surface area (Å²) in [5, 5.41) is 4.09. The molecule has 0 amide bonds. The first kappa shape index (κ1) is 12.1. The van der Waals surface area contributed by atoms with E-state index in [9.17, 15) is 4.39 Å². The molecule has 4 heteroatoms. The third kappa shape index (κ3) is 2.44. The van der Waals surface area contributed by atoms with Crippen LogP contribution in [-0.4, -0.2) is 4.98 Å². The Balaban J connectivity index is 1.98. The molecule has 19 heavy (non-hydrogen) atoms. The Bertz CT molecular complexity index is 749. The molecule has 0 spiro atoms. The summed E-state index contributed by atoms with van der Waals surface area (Å²) in [6.45, 7) is 4.10. The van der Waals surface area contributed by atoms with E-state index in [0.717, 1.165) is 26.6 Å². The third-order valence-corrected chi connectivity index (χ3v) is 3.92. The van der Waals surface area contributed by atoms with E-state index in [-0.39, 0.29) is 5.82 Å². The number of nitrogens with one attached hydrogen (secondary N) is 1. The number of benzene rings is 2. The molecule has 1 aromatic heterocycles. The molecule has 0 saturated carbocycles. The predicted octanol–water partition coefficient (Wildman–Crippen LogP) is 4.80. The molecule has 3 aromatic rings. The minimum atomic E-state index is -0.227. The summed E-state index contributed by atoms with van der Waals surface area (Å²) in [5.74, 6) is -0.227. The van der Waals surface area contributed by atoms with Gasteiger partial charge in [0.2, 0.25) is 0 Å². The van der Waals surface area contributed by atoms with E-state index in [1.54, 1.807) is 6.07 Å². The van der Waals surface area contributed by atoms with Gasteiger partial charge in [0.25, 0.3) is 0 Å². The van der Waals surface area contributed by atoms with E-state index in [4.69, 9.17) is 0 Å². The monoisotopic (exact) mass is 272 g/mol. The second-order valence-electron chi connectivity index (χ2n) is 4.57. The number of hydrogen-bond donors (Lipinski definition) is 1. The molecular formula is C15H13FN2S. The highest BCUT2D eigenvalue weighted by Crippen LogP contribution is 2.30. The van der Waals surface area contributed by atoms with E-state index in [0.29, 0.717) is 0 Å². The van der Waals surface area contributed by atoms with Crippen molar-refractivity contribution in [2.45, 2.75) is 13.8 Å². The van der Waals surface area contributed by atoms with Crippen LogP contribution in [0.15, 0.2) is 36.4 Å². The smallest absolute Gasteiger partial charge is 0.188 e. The van der Waals surface area contributed by atoms with Gasteiger partial charge in [-0.3, -0.25) is 0 Å². The summed E-state index contributed by atoms with van der Waals surface area (Å²) in [6, 6.07) is 10.9. The quantitative estimate of drug-likeness (QED) is 0.725. The van der Waals surface area contributed by atoms with Crippen LogP contribution in [0.4, 0.5) is 15.2 Å². The van der Waals surface area contributed by atoms with Crippen LogP contribution < -0.4 is 5.32 Å². The molecule has 2 aromatic carbocycles. The molecule has 0 saturated heterocycles. The van der Waals surface area contributed by atoms with Crippen molar-refractivity contribution in [3.63, 3.8) is 0 Å². The number of fused-ring (bicyclic) bond motifs is 1. The lowest BCUT2D eigenvalue weighted by atomic mass is 10.1. The van der Waals surface area contributed by atoms with Gasteiger partial charge in [-0.2, -0.15) is 0 Å². The Kier molecular flexibility index (Phi) is 2.95. The van der Waals surface area contributed by atoms with Crippen LogP contribution in [0, 0.1) is 19.7 Å². The van der Waals surface area contributed by atoms with Crippen LogP contribution in [-0.2, 0) is 0 Å². The third-order valence-electron chi connectivity index (χ3n) is 2.99. The van der Waals surface area contributed by atoms with Crippen LogP contribution in [0.5, 0.6) is 0 Å². The second-order valence-corrected chi connectivity index (χ2v) is 5.61. The summed E-state index contributed by atoms with van der Waals surface area (Å²) >= 11 is 1.46. The largest absolute Gasteiger partial charge is 0.331 e. The molecule has 0 unspecified atom stereocenters. The fourth-order valence-corrected chi connectivity index (χ4v) is 2.84. The Hall–Kier alpha value is -1.94. The van der Waals surface area contributed by atoms with Gasteiger partial charge in [-0.25, -0.2) is 9.37 Å². The van der Waals surface area contributed by atoms with E-state index in [2.05, 4.69) is 42.3 Å². The van der Waals surface area contributed by atoms with Gasteiger partial charge in [0.1, 0.15) is 5.82 Å². The summed E-state index contributed by atoms with van der Waals surface area (Å²) in [4.78, 5) is 4.46. The fraction of sp³-hybridized carbons (Fsp3) is 0.133. The van der Waals surface area contributed by atoms with E-state index < -0.39 is 0 Å². The first-order chi connectivity index (χ1) is 9.11. The lowest BCUT2D eigenvalue weighted by Crippen LogP contribution is -1.92. The molecule has 0 bridgehead atoms. The van der Waals surface area contributed by atoms with Gasteiger partial charge in [-0.05, 0) is 49.2 Å². The Morgan fingerprint density at radius 1 is 1.11 bits per heavy atom. The zero-order valence-corrected chi connectivity index (χ0v) is 11.5. The van der Waals surface area contributed by atoms with Gasteiger partial charge in [0, 0.05) is 5.69 Å². The number of thiazole rings is 1. The SMILES string of the molecule is Cc1ccc(C)c(Nc2nc3ccc(F)cc3s2)c1. The number of hydrogen-bond acceptors (Lipinski definition) is 3. The topological polar surface area (TPSA) is 24.9 Å². The van der Waals surface area contributed by atoms with Gasteiger partial charge in [0.15, 0.2) is 5.13 Å². The lowest BCUT2D eigenvalue weighted by Gasteiger charge is -2.07. The van der Waals surface area contributed by atoms with Crippen molar-refractivity contribution in [2.24, 2.45) is 0 Å². The molecule has 0 radical (unpaired) electrons. The zero-order chi connectivity index (χ0) is 13.4. The standard InChI is InChI=1S/C15H13FN2S/c1-9-3-4-10(2)13(7-9)18-15-17-12-6-5-11(16)8-14(12)19-15/h3-8H,1-2H3,(H,17,18). The summed E-state index contributed by atoms with van der Waals surface area (Å²) in [6.07, 6.45) is 0. The van der Waals surface area contributed by atoms with Crippen LogP contribution >= 0.6 is 11.3 Å². The van der Waals surface area contributed by atoms with Crippen molar-refractivity contribution in [2.75, 3.05) is 5.32 Å². The van der Waals surface area contributed by atoms with Gasteiger partial charge in [0.05, 0.1) is 10.2 Å². The second kappa shape index (κ2) is 4.63. The van der Waals surface area contributed by atoms with Crippen molar-refractivity contribution < 1.29 is 4.39 Å². The predicted molar refractivity (Wildman–Crippen MR) is 78.8 cm³/mol. The van der Waals surface area contributed by atoms with Gasteiger partial charge in [-0.1, -0.05) is 23.5 Å². The average Bonchev–Trinajstić information content (AvgIpc) is 2.75. The zero-order valence-electron chi connectivity index (χ0n) is 10.7. The number of anilines is 2. The first-order valence-corrected chi connectivity index (χ1v) is 6.84. The van der Waals surface area contributed by atoms with E-state index in [1.807, 2.05) is 0 Å². The molecular weight excluding hydrogens is 259 g/mol. The highest BCUT2D eigenvalue weighted by atomic mass is 32.1. The molecule has 96 valence electrons. The molecule has 0 atom stereocenters. The van der Waals surface area contributed by atoms with Gasteiger partial charge >= 0.3 is 0 Å². The van der Waals surface area contributed by atoms with E-state index in [1.165, 1.54) is 29.0 Å². The van der Waals surface area contributed by atoms with Gasteiger partial charge < -0.3 is 5.32 Å². The van der Waals surface area contributed by atoms with Crippen molar-refractivity contribution in [3.8, 4) is 0 Å². The van der Waals surface area contributed by atoms with Crippen molar-refractivity contribution >= 4 is 32.4 Å². The molecule has 0 aliphatic carbocycles. The first-order valence-electron chi connectivity index (χ1n) is 6.02. The number of halogens is 1. The highest BCUT2D eigenvalue weighted by Gasteiger charge is 2.06. The maximum atomic E-state index is 13.1. The minimum absolute atomic E-state index is 0.227. The Labute approximate surface area is 114 Å². The van der Waals surface area contributed by atoms with Crippen LogP contribution in [0.1, 0.15) is 11.1 Å². The summed E-state index contributed by atoms with van der Waals surface area (Å²) in [7, 11) is 0. The van der Waals surface area contributed by atoms with Crippen molar-refractivity contribution in [1.82, 2.24) is 4.98 Å². The van der Waals surface area contributed by atoms with Crippen molar-refractivity contribution in [3.05, 3.63) is 53.3 Å². The highest BCUT2D eigenvalue weighted by molar-refractivity contribution is 7.22. The number of aromatic nitrogens is 1. The normalized spacial score (nSPS) is 10.9. The van der Waals surface area contributed by atoms with Crippen LogP contribution in [0.3, 0.4) is 0 Å². The number of aryl methyl sites for hydroxylation is 2. The number of rotatable bonds is 2. The molecule has 0 aliphatic heterocycles. The summed E-state index contributed by atoms with van der Waals surface area (Å²) < 4.78 is 14.0. The number of nitrogens with zero attached hydrogens (tertiary/aromatic N) is 1. The molecule has 3 rings (SSSR count). The molecule has 1 heterocycles. The van der Waals surface area contributed by atoms with Crippen LogP contribution in [0.25, 0.3) is 10.2 Å². The Morgan fingerprint density at radius 3 is 2.79 bits per heavy atom. The van der Waals surface area contributed by atoms with Gasteiger partial charge in [-0.15, -0.1) is 0 Å². The van der Waals surface area contributed by atoms with E-state index >= 15 is 0 Å². The van der Waals surface area contributed by atoms with Crippen LogP contribution in [0.2, 0.25) is 0 Å². The lowest BCUT2D eigenvalue weighted by molar-refractivity contribution is 0.630. The maximum Gasteiger partial charge on any atom is 0.188 e. The average molecular weight is 272 g/mol. The van der Waals surface area contributed by atoms with Crippen molar-refractivity contribution in [1.29, 1.82) is 0 Å². The minimum Gasteiger partial charge on any atom is -0.331 e. The fourth-order valence-electron chi connectivity index (χ4n) is 1.94.